The fraction of sp³-hybridized carbons (Fsp3) is 0.364. The van der Waals surface area contributed by atoms with Gasteiger partial charge >= 0.3 is 0 Å². The van der Waals surface area contributed by atoms with Crippen molar-refractivity contribution in [3.05, 3.63) is 27.8 Å². The van der Waals surface area contributed by atoms with Crippen LogP contribution in [0.15, 0.2) is 22.1 Å². The maximum atomic E-state index is 9.97. The Hall–Kier alpha value is -0.650. The molecule has 3 heterocycles. The van der Waals surface area contributed by atoms with Crippen LogP contribution in [0.5, 0.6) is 0 Å². The van der Waals surface area contributed by atoms with Gasteiger partial charge in [-0.1, -0.05) is 6.07 Å². The Kier molecular flexibility index (Phi) is 2.61. The summed E-state index contributed by atoms with van der Waals surface area (Å²) in [6.45, 7) is 0.943. The van der Waals surface area contributed by atoms with E-state index in [0.717, 1.165) is 40.4 Å². The molecule has 5 heteroatoms. The minimum atomic E-state index is -0.385. The van der Waals surface area contributed by atoms with Crippen molar-refractivity contribution in [2.45, 2.75) is 25.5 Å². The highest BCUT2D eigenvalue weighted by molar-refractivity contribution is 9.10. The molecular weight excluding hydrogens is 288 g/mol. The van der Waals surface area contributed by atoms with Gasteiger partial charge in [0.1, 0.15) is 4.60 Å². The lowest BCUT2D eigenvalue weighted by molar-refractivity contribution is 0.138. The average molecular weight is 299 g/mol. The zero-order valence-corrected chi connectivity index (χ0v) is 11.0. The van der Waals surface area contributed by atoms with Crippen LogP contribution in [0.3, 0.4) is 0 Å². The first-order chi connectivity index (χ1) is 7.77. The molecule has 3 nitrogen and oxygen atoms in total. The quantitative estimate of drug-likeness (QED) is 0.878. The maximum Gasteiger partial charge on any atom is 0.151 e. The van der Waals surface area contributed by atoms with Crippen molar-refractivity contribution in [2.24, 2.45) is 0 Å². The molecule has 16 heavy (non-hydrogen) atoms. The minimum Gasteiger partial charge on any atom is -0.387 e. The van der Waals surface area contributed by atoms with Crippen molar-refractivity contribution >= 4 is 27.3 Å². The van der Waals surface area contributed by atoms with Gasteiger partial charge in [0.15, 0.2) is 5.82 Å². The van der Waals surface area contributed by atoms with Gasteiger partial charge in [-0.3, -0.25) is 0 Å². The molecule has 1 N–H and O–H groups in total. The lowest BCUT2D eigenvalue weighted by Gasteiger charge is -2.21. The van der Waals surface area contributed by atoms with Crippen molar-refractivity contribution in [3.8, 4) is 10.7 Å². The Morgan fingerprint density at radius 1 is 1.56 bits per heavy atom. The number of imidazole rings is 1. The molecule has 0 saturated carbocycles. The van der Waals surface area contributed by atoms with Crippen LogP contribution in [-0.4, -0.2) is 14.7 Å². The van der Waals surface area contributed by atoms with Crippen molar-refractivity contribution in [1.82, 2.24) is 9.55 Å². The second-order valence-corrected chi connectivity index (χ2v) is 5.60. The molecule has 0 radical (unpaired) electrons. The third-order valence-electron chi connectivity index (χ3n) is 2.88. The zero-order chi connectivity index (χ0) is 11.1. The SMILES string of the molecule is OC1CCCn2c(-c3cccs3)nc(Br)c21. The predicted molar refractivity (Wildman–Crippen MR) is 67.4 cm³/mol. The van der Waals surface area contributed by atoms with Crippen molar-refractivity contribution in [1.29, 1.82) is 0 Å². The fourth-order valence-electron chi connectivity index (χ4n) is 2.15. The van der Waals surface area contributed by atoms with Gasteiger partial charge < -0.3 is 9.67 Å². The molecule has 0 amide bonds. The number of thiophene rings is 1. The summed E-state index contributed by atoms with van der Waals surface area (Å²) >= 11 is 5.12. The Balaban J connectivity index is 2.18. The first kappa shape index (κ1) is 10.5. The summed E-state index contributed by atoms with van der Waals surface area (Å²) in [5, 5.41) is 12.0. The molecule has 0 saturated heterocycles. The molecule has 1 aliphatic rings. The van der Waals surface area contributed by atoms with E-state index in [1.54, 1.807) is 11.3 Å². The van der Waals surface area contributed by atoms with E-state index in [9.17, 15) is 5.11 Å². The third kappa shape index (κ3) is 1.54. The van der Waals surface area contributed by atoms with E-state index < -0.39 is 0 Å². The monoisotopic (exact) mass is 298 g/mol. The molecule has 2 aromatic rings. The number of nitrogens with zero attached hydrogens (tertiary/aromatic N) is 2. The second-order valence-electron chi connectivity index (χ2n) is 3.90. The van der Waals surface area contributed by atoms with Gasteiger partial charge in [0.2, 0.25) is 0 Å². The van der Waals surface area contributed by atoms with Gasteiger partial charge in [-0.15, -0.1) is 11.3 Å². The summed E-state index contributed by atoms with van der Waals surface area (Å²) in [6, 6.07) is 4.09. The Bertz CT molecular complexity index is 506. The molecule has 0 aliphatic carbocycles. The summed E-state index contributed by atoms with van der Waals surface area (Å²) in [7, 11) is 0. The lowest BCUT2D eigenvalue weighted by atomic mass is 10.1. The molecular formula is C11H11BrN2OS. The summed E-state index contributed by atoms with van der Waals surface area (Å²) in [6.07, 6.45) is 1.45. The molecule has 0 bridgehead atoms. The number of hydrogen-bond acceptors (Lipinski definition) is 3. The number of aliphatic hydroxyl groups excluding tert-OH is 1. The van der Waals surface area contributed by atoms with E-state index in [-0.39, 0.29) is 6.10 Å². The molecule has 3 rings (SSSR count). The number of aliphatic hydroxyl groups is 1. The van der Waals surface area contributed by atoms with Crippen LogP contribution < -0.4 is 0 Å². The molecule has 0 fully saturated rings. The number of fused-ring (bicyclic) bond motifs is 1. The Morgan fingerprint density at radius 3 is 3.19 bits per heavy atom. The fourth-order valence-corrected chi connectivity index (χ4v) is 3.52. The predicted octanol–water partition coefficient (Wildman–Crippen LogP) is 3.20. The molecule has 84 valence electrons. The van der Waals surface area contributed by atoms with E-state index in [4.69, 9.17) is 0 Å². The van der Waals surface area contributed by atoms with Crippen molar-refractivity contribution < 1.29 is 5.11 Å². The summed E-state index contributed by atoms with van der Waals surface area (Å²) in [5.41, 5.74) is 0.926. The van der Waals surface area contributed by atoms with Gasteiger partial charge in [0.25, 0.3) is 0 Å². The van der Waals surface area contributed by atoms with Gasteiger partial charge in [-0.05, 0) is 40.2 Å². The molecule has 0 spiro atoms. The van der Waals surface area contributed by atoms with Crippen LogP contribution in [0.4, 0.5) is 0 Å². The molecule has 1 unspecified atom stereocenters. The average Bonchev–Trinajstić information content (AvgIpc) is 2.86. The summed E-state index contributed by atoms with van der Waals surface area (Å²) in [5.74, 6) is 0.968. The van der Waals surface area contributed by atoms with Crippen molar-refractivity contribution in [3.63, 3.8) is 0 Å². The normalized spacial score (nSPS) is 19.8. The van der Waals surface area contributed by atoms with E-state index in [1.165, 1.54) is 0 Å². The van der Waals surface area contributed by atoms with Crippen LogP contribution in [-0.2, 0) is 6.54 Å². The van der Waals surface area contributed by atoms with E-state index >= 15 is 0 Å². The van der Waals surface area contributed by atoms with E-state index in [0.29, 0.717) is 0 Å². The molecule has 1 atom stereocenters. The van der Waals surface area contributed by atoms with Crippen molar-refractivity contribution in [2.75, 3.05) is 0 Å². The number of hydrogen-bond donors (Lipinski definition) is 1. The molecule has 1 aliphatic heterocycles. The number of rotatable bonds is 1. The van der Waals surface area contributed by atoms with E-state index in [1.807, 2.05) is 11.4 Å². The first-order valence-corrected chi connectivity index (χ1v) is 6.92. The highest BCUT2D eigenvalue weighted by Crippen LogP contribution is 2.36. The number of halogens is 1. The van der Waals surface area contributed by atoms with Crippen LogP contribution in [0.2, 0.25) is 0 Å². The largest absolute Gasteiger partial charge is 0.387 e. The van der Waals surface area contributed by atoms with Gasteiger partial charge in [0.05, 0.1) is 16.7 Å². The van der Waals surface area contributed by atoms with Crippen LogP contribution >= 0.6 is 27.3 Å². The standard InChI is InChI=1S/C11H11BrN2OS/c12-10-9-7(15)3-1-5-14(9)11(13-10)8-4-2-6-16-8/h2,4,6-7,15H,1,3,5H2. The van der Waals surface area contributed by atoms with Crippen LogP contribution in [0, 0.1) is 0 Å². The highest BCUT2D eigenvalue weighted by Gasteiger charge is 2.26. The first-order valence-electron chi connectivity index (χ1n) is 5.25. The van der Waals surface area contributed by atoms with Gasteiger partial charge in [0, 0.05) is 6.54 Å². The van der Waals surface area contributed by atoms with Gasteiger partial charge in [-0.2, -0.15) is 0 Å². The third-order valence-corrected chi connectivity index (χ3v) is 4.33. The highest BCUT2D eigenvalue weighted by atomic mass is 79.9. The molecule has 2 aromatic heterocycles. The Morgan fingerprint density at radius 2 is 2.44 bits per heavy atom. The van der Waals surface area contributed by atoms with Crippen LogP contribution in [0.25, 0.3) is 10.7 Å². The zero-order valence-electron chi connectivity index (χ0n) is 8.56. The van der Waals surface area contributed by atoms with E-state index in [2.05, 4.69) is 31.5 Å². The van der Waals surface area contributed by atoms with Crippen LogP contribution in [0.1, 0.15) is 24.6 Å². The smallest absolute Gasteiger partial charge is 0.151 e. The topological polar surface area (TPSA) is 38.0 Å². The second kappa shape index (κ2) is 3.98. The maximum absolute atomic E-state index is 9.97. The summed E-state index contributed by atoms with van der Waals surface area (Å²) in [4.78, 5) is 5.67. The molecule has 0 aromatic carbocycles. The number of aromatic nitrogens is 2. The minimum absolute atomic E-state index is 0.385. The summed E-state index contributed by atoms with van der Waals surface area (Å²) < 4.78 is 2.91. The lowest BCUT2D eigenvalue weighted by Crippen LogP contribution is -2.15. The van der Waals surface area contributed by atoms with Gasteiger partial charge in [-0.25, -0.2) is 4.98 Å². The Labute approximate surface area is 106 Å².